The van der Waals surface area contributed by atoms with Gasteiger partial charge < -0.3 is 4.42 Å². The van der Waals surface area contributed by atoms with Gasteiger partial charge in [-0.25, -0.2) is 4.98 Å². The molecule has 0 saturated heterocycles. The van der Waals surface area contributed by atoms with Gasteiger partial charge in [0.2, 0.25) is 0 Å². The zero-order valence-corrected chi connectivity index (χ0v) is 12.3. The quantitative estimate of drug-likeness (QED) is 0.762. The van der Waals surface area contributed by atoms with Gasteiger partial charge in [-0.1, -0.05) is 23.0 Å². The van der Waals surface area contributed by atoms with Crippen LogP contribution in [0.2, 0.25) is 0 Å². The molecular formula is C13H9BrN2O2S. The summed E-state index contributed by atoms with van der Waals surface area (Å²) >= 11 is 4.65. The molecule has 2 heterocycles. The van der Waals surface area contributed by atoms with Crippen LogP contribution >= 0.6 is 27.3 Å². The van der Waals surface area contributed by atoms with Crippen LogP contribution in [0.4, 0.5) is 5.13 Å². The summed E-state index contributed by atoms with van der Waals surface area (Å²) in [5.74, 6) is -0.0115. The average molecular weight is 337 g/mol. The van der Waals surface area contributed by atoms with E-state index < -0.39 is 0 Å². The van der Waals surface area contributed by atoms with E-state index in [1.54, 1.807) is 12.3 Å². The standard InChI is InChI=1S/C13H9BrN2O2S/c1-7-2-3-9-8(4-7)5-10(18-9)12(17)16-13-15-6-11(14)19-13/h2-6H,1H3,(H,15,16,17). The molecular weight excluding hydrogens is 328 g/mol. The second-order valence-corrected chi connectivity index (χ2v) is 6.49. The molecule has 1 aromatic carbocycles. The molecule has 6 heteroatoms. The Kier molecular flexibility index (Phi) is 3.12. The SMILES string of the molecule is Cc1ccc2oc(C(=O)Nc3ncc(Br)s3)cc2c1. The number of nitrogens with zero attached hydrogens (tertiary/aromatic N) is 1. The first-order valence-electron chi connectivity index (χ1n) is 5.55. The molecule has 0 radical (unpaired) electrons. The smallest absolute Gasteiger partial charge is 0.293 e. The predicted molar refractivity (Wildman–Crippen MR) is 78.7 cm³/mol. The number of fused-ring (bicyclic) bond motifs is 1. The lowest BCUT2D eigenvalue weighted by Crippen LogP contribution is -2.10. The topological polar surface area (TPSA) is 55.1 Å². The Bertz CT molecular complexity index is 763. The highest BCUT2D eigenvalue weighted by molar-refractivity contribution is 9.11. The van der Waals surface area contributed by atoms with Gasteiger partial charge in [-0.05, 0) is 41.1 Å². The number of furan rings is 1. The molecule has 0 aliphatic rings. The zero-order valence-electron chi connectivity index (χ0n) is 9.94. The summed E-state index contributed by atoms with van der Waals surface area (Å²) in [4.78, 5) is 16.1. The molecule has 3 rings (SSSR count). The molecule has 19 heavy (non-hydrogen) atoms. The first-order chi connectivity index (χ1) is 9.11. The lowest BCUT2D eigenvalue weighted by Gasteiger charge is -1.96. The predicted octanol–water partition coefficient (Wildman–Crippen LogP) is 4.21. The molecule has 0 aliphatic carbocycles. The lowest BCUT2D eigenvalue weighted by atomic mass is 10.2. The maximum atomic E-state index is 12.0. The first-order valence-corrected chi connectivity index (χ1v) is 7.15. The second kappa shape index (κ2) is 4.79. The Morgan fingerprint density at radius 2 is 2.26 bits per heavy atom. The van der Waals surface area contributed by atoms with E-state index >= 15 is 0 Å². The molecule has 0 bridgehead atoms. The van der Waals surface area contributed by atoms with Gasteiger partial charge in [-0.15, -0.1) is 0 Å². The van der Waals surface area contributed by atoms with Crippen molar-refractivity contribution >= 4 is 49.3 Å². The minimum atomic E-state index is -0.296. The number of halogens is 1. The van der Waals surface area contributed by atoms with Gasteiger partial charge in [0.25, 0.3) is 5.91 Å². The normalized spacial score (nSPS) is 10.8. The van der Waals surface area contributed by atoms with Crippen LogP contribution in [0, 0.1) is 6.92 Å². The molecule has 4 nitrogen and oxygen atoms in total. The number of aromatic nitrogens is 1. The number of rotatable bonds is 2. The van der Waals surface area contributed by atoms with Crippen molar-refractivity contribution in [3.63, 3.8) is 0 Å². The lowest BCUT2D eigenvalue weighted by molar-refractivity contribution is 0.0998. The van der Waals surface area contributed by atoms with E-state index in [0.717, 1.165) is 14.7 Å². The van der Waals surface area contributed by atoms with E-state index in [2.05, 4.69) is 26.2 Å². The van der Waals surface area contributed by atoms with Crippen molar-refractivity contribution in [2.75, 3.05) is 5.32 Å². The van der Waals surface area contributed by atoms with E-state index in [4.69, 9.17) is 4.42 Å². The van der Waals surface area contributed by atoms with Crippen molar-refractivity contribution in [3.8, 4) is 0 Å². The molecule has 0 saturated carbocycles. The Labute approximate surface area is 121 Å². The number of anilines is 1. The summed E-state index contributed by atoms with van der Waals surface area (Å²) in [6.07, 6.45) is 1.64. The Hall–Kier alpha value is -1.66. The minimum Gasteiger partial charge on any atom is -0.451 e. The molecule has 0 spiro atoms. The van der Waals surface area contributed by atoms with Crippen LogP contribution in [0.1, 0.15) is 16.1 Å². The van der Waals surface area contributed by atoms with Crippen LogP contribution in [-0.2, 0) is 0 Å². The van der Waals surface area contributed by atoms with E-state index in [1.165, 1.54) is 11.3 Å². The number of carbonyl (C=O) groups excluding carboxylic acids is 1. The number of thiazole rings is 1. The largest absolute Gasteiger partial charge is 0.451 e. The highest BCUT2D eigenvalue weighted by atomic mass is 79.9. The minimum absolute atomic E-state index is 0.284. The molecule has 96 valence electrons. The molecule has 3 aromatic rings. The molecule has 1 amide bonds. The number of hydrogen-bond donors (Lipinski definition) is 1. The molecule has 0 unspecified atom stereocenters. The Morgan fingerprint density at radius 1 is 1.42 bits per heavy atom. The second-order valence-electron chi connectivity index (χ2n) is 4.08. The van der Waals surface area contributed by atoms with Gasteiger partial charge in [-0.2, -0.15) is 0 Å². The number of hydrogen-bond acceptors (Lipinski definition) is 4. The highest BCUT2D eigenvalue weighted by Gasteiger charge is 2.14. The molecule has 0 fully saturated rings. The van der Waals surface area contributed by atoms with Crippen molar-refractivity contribution in [3.05, 3.63) is 45.6 Å². The van der Waals surface area contributed by atoms with Crippen molar-refractivity contribution < 1.29 is 9.21 Å². The number of nitrogens with one attached hydrogen (secondary N) is 1. The summed E-state index contributed by atoms with van der Waals surface area (Å²) in [5, 5.41) is 4.16. The Morgan fingerprint density at radius 3 is 3.00 bits per heavy atom. The van der Waals surface area contributed by atoms with Crippen LogP contribution in [-0.4, -0.2) is 10.9 Å². The van der Waals surface area contributed by atoms with E-state index in [9.17, 15) is 4.79 Å². The van der Waals surface area contributed by atoms with E-state index in [1.807, 2.05) is 25.1 Å². The maximum Gasteiger partial charge on any atom is 0.293 e. The zero-order chi connectivity index (χ0) is 13.4. The van der Waals surface area contributed by atoms with Crippen molar-refractivity contribution in [1.29, 1.82) is 0 Å². The third-order valence-electron chi connectivity index (χ3n) is 2.59. The van der Waals surface area contributed by atoms with Gasteiger partial charge in [-0.3, -0.25) is 10.1 Å². The van der Waals surface area contributed by atoms with E-state index in [0.29, 0.717) is 10.7 Å². The molecule has 2 aromatic heterocycles. The van der Waals surface area contributed by atoms with Gasteiger partial charge in [0.1, 0.15) is 5.58 Å². The number of carbonyl (C=O) groups is 1. The van der Waals surface area contributed by atoms with Crippen LogP contribution in [0.15, 0.2) is 38.7 Å². The van der Waals surface area contributed by atoms with Crippen LogP contribution in [0.5, 0.6) is 0 Å². The fourth-order valence-corrected chi connectivity index (χ4v) is 2.85. The number of aryl methyl sites for hydroxylation is 1. The van der Waals surface area contributed by atoms with Gasteiger partial charge in [0.15, 0.2) is 10.9 Å². The van der Waals surface area contributed by atoms with Gasteiger partial charge >= 0.3 is 0 Å². The highest BCUT2D eigenvalue weighted by Crippen LogP contribution is 2.25. The molecule has 0 atom stereocenters. The number of amides is 1. The average Bonchev–Trinajstić information content (AvgIpc) is 2.95. The summed E-state index contributed by atoms with van der Waals surface area (Å²) < 4.78 is 6.38. The maximum absolute atomic E-state index is 12.0. The summed E-state index contributed by atoms with van der Waals surface area (Å²) in [5.41, 5.74) is 1.83. The van der Waals surface area contributed by atoms with E-state index in [-0.39, 0.29) is 11.7 Å². The molecule has 0 aliphatic heterocycles. The van der Waals surface area contributed by atoms with Crippen LogP contribution in [0.25, 0.3) is 11.0 Å². The fraction of sp³-hybridized carbons (Fsp3) is 0.0769. The number of benzene rings is 1. The summed E-state index contributed by atoms with van der Waals surface area (Å²) in [6, 6.07) is 7.53. The van der Waals surface area contributed by atoms with Crippen LogP contribution in [0.3, 0.4) is 0 Å². The Balaban J connectivity index is 1.89. The monoisotopic (exact) mass is 336 g/mol. The molecule has 1 N–H and O–H groups in total. The first kappa shape index (κ1) is 12.4. The summed E-state index contributed by atoms with van der Waals surface area (Å²) in [6.45, 7) is 2.00. The third kappa shape index (κ3) is 2.54. The van der Waals surface area contributed by atoms with Crippen molar-refractivity contribution in [2.45, 2.75) is 6.92 Å². The van der Waals surface area contributed by atoms with Crippen molar-refractivity contribution in [1.82, 2.24) is 4.98 Å². The van der Waals surface area contributed by atoms with Crippen LogP contribution < -0.4 is 5.32 Å². The summed E-state index contributed by atoms with van der Waals surface area (Å²) in [7, 11) is 0. The van der Waals surface area contributed by atoms with Gasteiger partial charge in [0, 0.05) is 5.39 Å². The van der Waals surface area contributed by atoms with Gasteiger partial charge in [0.05, 0.1) is 9.98 Å². The van der Waals surface area contributed by atoms with Crippen molar-refractivity contribution in [2.24, 2.45) is 0 Å². The third-order valence-corrected chi connectivity index (χ3v) is 3.99. The fourth-order valence-electron chi connectivity index (χ4n) is 1.75.